The molecule has 0 spiro atoms. The summed E-state index contributed by atoms with van der Waals surface area (Å²) in [4.78, 5) is 89.3. The fourth-order valence-electron chi connectivity index (χ4n) is 9.32. The number of fused-ring (bicyclic) bond motifs is 2. The molecule has 0 bridgehead atoms. The Labute approximate surface area is 382 Å². The summed E-state index contributed by atoms with van der Waals surface area (Å²) in [5.41, 5.74) is 4.51. The molecule has 1 aromatic heterocycles. The molecule has 5 amide bonds. The van der Waals surface area contributed by atoms with Crippen LogP contribution in [0.25, 0.3) is 11.1 Å². The molecule has 2 N–H and O–H groups in total. The van der Waals surface area contributed by atoms with E-state index in [0.29, 0.717) is 76.1 Å². The van der Waals surface area contributed by atoms with E-state index in [4.69, 9.17) is 13.9 Å². The minimum Gasteiger partial charge on any atom is -0.466 e. The number of aromatic amines is 1. The van der Waals surface area contributed by atoms with E-state index >= 15 is 0 Å². The summed E-state index contributed by atoms with van der Waals surface area (Å²) in [5.74, 6) is 0.172. The van der Waals surface area contributed by atoms with Crippen molar-refractivity contribution >= 4 is 46.7 Å². The second-order valence-electron chi connectivity index (χ2n) is 18.1. The number of piperidine rings is 2. The number of carbonyl (C=O) groups excluding carboxylic acids is 5. The fraction of sp³-hybridized carbons (Fsp3) is 0.625. The lowest BCUT2D eigenvalue weighted by atomic mass is 9.99. The number of aryl methyl sites for hydroxylation is 1. The van der Waals surface area contributed by atoms with Crippen LogP contribution in [0, 0.1) is 12.8 Å². The molecule has 0 unspecified atom stereocenters. The van der Waals surface area contributed by atoms with Gasteiger partial charge in [-0.2, -0.15) is 0 Å². The number of anilines is 1. The number of hydrogen-bond acceptors (Lipinski definition) is 11. The van der Waals surface area contributed by atoms with Crippen molar-refractivity contribution in [3.63, 3.8) is 0 Å². The third kappa shape index (κ3) is 13.3. The SMILES string of the molecule is C.CC1CCN(CCC(=O)OCCCN2CCCC2=O)CC1.Cc1cc(C[C@@H](OC(=O)N2CCC(N3CCc4ccccc4NC3=O)CC2)C(=O)N2CCN(C)CC2)cc2oc(=O)[nH]c12. The first-order valence-electron chi connectivity index (χ1n) is 23.3. The van der Waals surface area contributed by atoms with Crippen LogP contribution in [0.5, 0.6) is 0 Å². The molecular formula is C48H70N8O9. The predicted molar refractivity (Wildman–Crippen MR) is 248 cm³/mol. The van der Waals surface area contributed by atoms with Gasteiger partial charge in [0.1, 0.15) is 0 Å². The Bertz CT molecular complexity index is 2150. The monoisotopic (exact) mass is 903 g/mol. The topological polar surface area (TPSA) is 181 Å². The highest BCUT2D eigenvalue weighted by Gasteiger charge is 2.35. The maximum Gasteiger partial charge on any atom is 0.417 e. The molecule has 5 aliphatic heterocycles. The van der Waals surface area contributed by atoms with Crippen LogP contribution in [-0.4, -0.2) is 169 Å². The van der Waals surface area contributed by atoms with E-state index in [1.54, 1.807) is 15.9 Å². The van der Waals surface area contributed by atoms with Crippen LogP contribution >= 0.6 is 0 Å². The molecule has 8 rings (SSSR count). The van der Waals surface area contributed by atoms with E-state index in [1.165, 1.54) is 12.8 Å². The second kappa shape index (κ2) is 23.2. The van der Waals surface area contributed by atoms with Gasteiger partial charge in [0, 0.05) is 90.0 Å². The van der Waals surface area contributed by atoms with Crippen molar-refractivity contribution < 1.29 is 37.9 Å². The van der Waals surface area contributed by atoms with Crippen molar-refractivity contribution in [2.24, 2.45) is 5.92 Å². The van der Waals surface area contributed by atoms with Crippen molar-refractivity contribution in [3.8, 4) is 0 Å². The molecule has 5 aliphatic rings. The average molecular weight is 903 g/mol. The molecule has 4 saturated heterocycles. The molecule has 0 radical (unpaired) electrons. The van der Waals surface area contributed by atoms with Gasteiger partial charge in [0.15, 0.2) is 11.7 Å². The number of nitrogens with zero attached hydrogens (tertiary/aromatic N) is 6. The van der Waals surface area contributed by atoms with Crippen LogP contribution < -0.4 is 11.1 Å². The van der Waals surface area contributed by atoms with Gasteiger partial charge in [-0.05, 0) is 107 Å². The number of ether oxygens (including phenoxy) is 2. The number of piperazine rings is 1. The predicted octanol–water partition coefficient (Wildman–Crippen LogP) is 5.11. The number of carbonyl (C=O) groups is 5. The highest BCUT2D eigenvalue weighted by atomic mass is 16.6. The molecule has 0 saturated carbocycles. The number of aromatic nitrogens is 1. The van der Waals surface area contributed by atoms with Crippen LogP contribution in [-0.2, 0) is 36.7 Å². The Morgan fingerprint density at radius 2 is 1.60 bits per heavy atom. The first-order chi connectivity index (χ1) is 30.9. The highest BCUT2D eigenvalue weighted by molar-refractivity contribution is 5.91. The second-order valence-corrected chi connectivity index (χ2v) is 18.1. The average Bonchev–Trinajstić information content (AvgIpc) is 3.84. The van der Waals surface area contributed by atoms with Gasteiger partial charge in [0.25, 0.3) is 5.91 Å². The first kappa shape index (κ1) is 49.0. The number of likely N-dealkylation sites (tertiary alicyclic amines) is 3. The van der Waals surface area contributed by atoms with Gasteiger partial charge in [0.2, 0.25) is 5.91 Å². The number of para-hydroxylation sites is 1. The van der Waals surface area contributed by atoms with Crippen LogP contribution in [0.4, 0.5) is 15.3 Å². The van der Waals surface area contributed by atoms with Gasteiger partial charge >= 0.3 is 23.8 Å². The number of esters is 1. The Morgan fingerprint density at radius 1 is 0.862 bits per heavy atom. The summed E-state index contributed by atoms with van der Waals surface area (Å²) in [6.45, 7) is 13.2. The van der Waals surface area contributed by atoms with Gasteiger partial charge in [-0.3, -0.25) is 19.4 Å². The highest BCUT2D eigenvalue weighted by Crippen LogP contribution is 2.26. The summed E-state index contributed by atoms with van der Waals surface area (Å²) >= 11 is 0. The van der Waals surface area contributed by atoms with E-state index in [1.807, 2.05) is 54.1 Å². The Hall–Kier alpha value is -5.42. The van der Waals surface area contributed by atoms with Crippen molar-refractivity contribution in [3.05, 3.63) is 63.6 Å². The lowest BCUT2D eigenvalue weighted by Crippen LogP contribution is -2.53. The number of oxazole rings is 1. The first-order valence-corrected chi connectivity index (χ1v) is 23.3. The van der Waals surface area contributed by atoms with Gasteiger partial charge in [-0.1, -0.05) is 38.6 Å². The lowest BCUT2D eigenvalue weighted by molar-refractivity contribution is -0.144. The Balaban J connectivity index is 0.000000268. The third-order valence-electron chi connectivity index (χ3n) is 13.4. The number of amides is 5. The number of rotatable bonds is 12. The third-order valence-corrected chi connectivity index (χ3v) is 13.4. The Morgan fingerprint density at radius 3 is 2.32 bits per heavy atom. The molecule has 65 heavy (non-hydrogen) atoms. The number of urea groups is 1. The van der Waals surface area contributed by atoms with Crippen LogP contribution in [0.3, 0.4) is 0 Å². The quantitative estimate of drug-likeness (QED) is 0.182. The van der Waals surface area contributed by atoms with E-state index < -0.39 is 18.0 Å². The van der Waals surface area contributed by atoms with Crippen molar-refractivity contribution in [2.45, 2.75) is 97.6 Å². The van der Waals surface area contributed by atoms with Gasteiger partial charge < -0.3 is 48.6 Å². The van der Waals surface area contributed by atoms with E-state index in [9.17, 15) is 28.8 Å². The number of nitrogens with one attached hydrogen (secondary N) is 2. The fourth-order valence-corrected chi connectivity index (χ4v) is 9.32. The molecule has 1 atom stereocenters. The van der Waals surface area contributed by atoms with E-state index in [2.05, 4.69) is 27.0 Å². The maximum absolute atomic E-state index is 13.7. The number of hydrogen-bond donors (Lipinski definition) is 2. The van der Waals surface area contributed by atoms with E-state index in [-0.39, 0.29) is 43.7 Å². The summed E-state index contributed by atoms with van der Waals surface area (Å²) in [7, 11) is 2.01. The van der Waals surface area contributed by atoms with Crippen LogP contribution in [0.15, 0.2) is 45.6 Å². The molecular weight excluding hydrogens is 833 g/mol. The van der Waals surface area contributed by atoms with Crippen LogP contribution in [0.2, 0.25) is 0 Å². The molecule has 17 nitrogen and oxygen atoms in total. The molecule has 3 aromatic rings. The van der Waals surface area contributed by atoms with Crippen LogP contribution in [0.1, 0.15) is 82.4 Å². The minimum absolute atomic E-state index is 0. The largest absolute Gasteiger partial charge is 0.466 e. The summed E-state index contributed by atoms with van der Waals surface area (Å²) in [6, 6.07) is 11.3. The van der Waals surface area contributed by atoms with E-state index in [0.717, 1.165) is 93.4 Å². The maximum atomic E-state index is 13.7. The Kier molecular flexibility index (Phi) is 17.5. The zero-order valence-corrected chi connectivity index (χ0v) is 37.8. The summed E-state index contributed by atoms with van der Waals surface area (Å²) in [6.07, 6.45) is 5.96. The zero-order valence-electron chi connectivity index (χ0n) is 37.8. The van der Waals surface area contributed by atoms with Crippen molar-refractivity contribution in [2.75, 3.05) is 97.5 Å². The molecule has 4 fully saturated rings. The molecule has 356 valence electrons. The van der Waals surface area contributed by atoms with Gasteiger partial charge in [-0.15, -0.1) is 0 Å². The van der Waals surface area contributed by atoms with Crippen molar-refractivity contribution in [1.29, 1.82) is 0 Å². The summed E-state index contributed by atoms with van der Waals surface area (Å²) < 4.78 is 16.5. The summed E-state index contributed by atoms with van der Waals surface area (Å²) in [5, 5.41) is 3.03. The smallest absolute Gasteiger partial charge is 0.417 e. The molecule has 17 heteroatoms. The number of H-pyrrole nitrogens is 1. The van der Waals surface area contributed by atoms with Gasteiger partial charge in [-0.25, -0.2) is 14.4 Å². The van der Waals surface area contributed by atoms with Crippen molar-refractivity contribution in [1.82, 2.24) is 34.4 Å². The molecule has 0 aliphatic carbocycles. The molecule has 2 aromatic carbocycles. The normalized spacial score (nSPS) is 19.4. The zero-order chi connectivity index (χ0) is 45.2. The minimum atomic E-state index is -1.02. The standard InChI is InChI=1S/C31H38N6O6.C16H28N2O3.CH4/c1-20-17-21(18-25-27(20)33-30(40)42-25)19-26(28(38)35-15-13-34(2)14-16-35)43-31(41)36-10-8-23(9-11-36)37-12-7-22-5-3-4-6-24(22)32-29(37)39;1-14-5-10-17(11-6-14)12-7-16(20)21-13-3-9-18-8-2-4-15(18)19;/h3-6,17-18,23,26H,7-16,19H2,1-2H3,(H,32,39)(H,33,40);14H,2-13H2,1H3;1H4/t26-;;/m1../s1. The van der Waals surface area contributed by atoms with Gasteiger partial charge in [0.05, 0.1) is 18.5 Å². The number of benzene rings is 2. The number of likely N-dealkylation sites (N-methyl/N-ethyl adjacent to an activating group) is 1. The molecule has 6 heterocycles. The lowest BCUT2D eigenvalue weighted by Gasteiger charge is -2.38.